The van der Waals surface area contributed by atoms with Gasteiger partial charge in [-0.15, -0.1) is 0 Å². The molecule has 4 heteroatoms. The molecule has 122 valence electrons. The van der Waals surface area contributed by atoms with Crippen LogP contribution in [0.5, 0.6) is 0 Å². The van der Waals surface area contributed by atoms with Crippen molar-refractivity contribution in [3.8, 4) is 0 Å². The lowest BCUT2D eigenvalue weighted by molar-refractivity contribution is 0.249. The molecule has 1 saturated heterocycles. The van der Waals surface area contributed by atoms with E-state index < -0.39 is 0 Å². The molecule has 0 amide bonds. The number of hydrogen-bond acceptors (Lipinski definition) is 4. The first kappa shape index (κ1) is 15.0. The number of anilines is 2. The Balaban J connectivity index is 1.47. The van der Waals surface area contributed by atoms with Gasteiger partial charge < -0.3 is 10.6 Å². The number of rotatable bonds is 3. The number of nitrogen functional groups attached to an aromatic ring is 1. The maximum absolute atomic E-state index is 6.26. The van der Waals surface area contributed by atoms with Crippen molar-refractivity contribution in [2.24, 2.45) is 0 Å². The Morgan fingerprint density at radius 3 is 2.38 bits per heavy atom. The van der Waals surface area contributed by atoms with Crippen molar-refractivity contribution in [3.05, 3.63) is 66.2 Å². The lowest BCUT2D eigenvalue weighted by atomic mass is 10.2. The first-order valence-electron chi connectivity index (χ1n) is 8.46. The topological polar surface area (TPSA) is 45.4 Å². The molecular weight excluding hydrogens is 296 g/mol. The Bertz CT molecular complexity index is 823. The summed E-state index contributed by atoms with van der Waals surface area (Å²) in [5.74, 6) is 0.924. The van der Waals surface area contributed by atoms with Gasteiger partial charge in [-0.3, -0.25) is 4.90 Å². The van der Waals surface area contributed by atoms with E-state index in [-0.39, 0.29) is 0 Å². The fraction of sp³-hybridized carbons (Fsp3) is 0.250. The highest BCUT2D eigenvalue weighted by molar-refractivity contribution is 5.86. The highest BCUT2D eigenvalue weighted by Crippen LogP contribution is 2.26. The molecule has 1 aliphatic heterocycles. The van der Waals surface area contributed by atoms with Crippen LogP contribution < -0.4 is 10.6 Å². The van der Waals surface area contributed by atoms with E-state index in [4.69, 9.17) is 10.7 Å². The van der Waals surface area contributed by atoms with Crippen molar-refractivity contribution in [2.45, 2.75) is 6.54 Å². The molecule has 1 fully saturated rings. The minimum absolute atomic E-state index is 0.769. The summed E-state index contributed by atoms with van der Waals surface area (Å²) in [6.45, 7) is 4.99. The van der Waals surface area contributed by atoms with Crippen molar-refractivity contribution >= 4 is 22.4 Å². The van der Waals surface area contributed by atoms with Gasteiger partial charge in [-0.05, 0) is 17.7 Å². The molecule has 0 radical (unpaired) electrons. The minimum atomic E-state index is 0.769. The normalized spacial score (nSPS) is 15.8. The van der Waals surface area contributed by atoms with Crippen molar-refractivity contribution < 1.29 is 0 Å². The highest BCUT2D eigenvalue weighted by atomic mass is 15.3. The lowest BCUT2D eigenvalue weighted by Crippen LogP contribution is -2.46. The number of hydrogen-bond donors (Lipinski definition) is 1. The van der Waals surface area contributed by atoms with Gasteiger partial charge in [0, 0.05) is 38.1 Å². The third kappa shape index (κ3) is 3.05. The van der Waals surface area contributed by atoms with Gasteiger partial charge in [0.15, 0.2) is 5.82 Å². The standard InChI is InChI=1S/C20H22N4/c21-18-14-17-8-4-5-9-19(17)22-20(18)24-12-10-23(11-13-24)15-16-6-2-1-3-7-16/h1-9,14H,10-13,15,21H2. The van der Waals surface area contributed by atoms with Gasteiger partial charge in [0.05, 0.1) is 11.2 Å². The van der Waals surface area contributed by atoms with Crippen LogP contribution in [0.4, 0.5) is 11.5 Å². The van der Waals surface area contributed by atoms with Gasteiger partial charge in [0.25, 0.3) is 0 Å². The first-order chi connectivity index (χ1) is 11.8. The Morgan fingerprint density at radius 1 is 0.875 bits per heavy atom. The molecule has 4 rings (SSSR count). The molecule has 3 aromatic rings. The predicted molar refractivity (Wildman–Crippen MR) is 100 cm³/mol. The molecule has 0 unspecified atom stereocenters. The average molecular weight is 318 g/mol. The van der Waals surface area contributed by atoms with Gasteiger partial charge in [0.1, 0.15) is 0 Å². The Morgan fingerprint density at radius 2 is 1.58 bits per heavy atom. The molecule has 2 aromatic carbocycles. The Kier molecular flexibility index (Phi) is 4.05. The zero-order chi connectivity index (χ0) is 16.4. The Hall–Kier alpha value is -2.59. The van der Waals surface area contributed by atoms with Crippen LogP contribution in [-0.4, -0.2) is 36.1 Å². The summed E-state index contributed by atoms with van der Waals surface area (Å²) < 4.78 is 0. The summed E-state index contributed by atoms with van der Waals surface area (Å²) in [5.41, 5.74) is 9.40. The molecule has 1 aliphatic rings. The summed E-state index contributed by atoms with van der Waals surface area (Å²) in [6, 6.07) is 20.8. The van der Waals surface area contributed by atoms with Crippen LogP contribution in [0.25, 0.3) is 10.9 Å². The van der Waals surface area contributed by atoms with E-state index in [0.717, 1.165) is 55.1 Å². The smallest absolute Gasteiger partial charge is 0.152 e. The van der Waals surface area contributed by atoms with Gasteiger partial charge >= 0.3 is 0 Å². The molecule has 0 aliphatic carbocycles. The number of para-hydroxylation sites is 1. The SMILES string of the molecule is Nc1cc2ccccc2nc1N1CCN(Cc2ccccc2)CC1. The zero-order valence-corrected chi connectivity index (χ0v) is 13.7. The number of piperazine rings is 1. The van der Waals surface area contributed by atoms with Crippen LogP contribution in [0.2, 0.25) is 0 Å². The van der Waals surface area contributed by atoms with Crippen molar-refractivity contribution in [3.63, 3.8) is 0 Å². The van der Waals surface area contributed by atoms with Crippen LogP contribution in [0.1, 0.15) is 5.56 Å². The van der Waals surface area contributed by atoms with Crippen LogP contribution in [-0.2, 0) is 6.54 Å². The van der Waals surface area contributed by atoms with Gasteiger partial charge in [-0.2, -0.15) is 0 Å². The largest absolute Gasteiger partial charge is 0.396 e. The average Bonchev–Trinajstić information content (AvgIpc) is 2.63. The number of pyridine rings is 1. The molecule has 0 atom stereocenters. The second kappa shape index (κ2) is 6.49. The zero-order valence-electron chi connectivity index (χ0n) is 13.7. The number of nitrogens with two attached hydrogens (primary N) is 1. The van der Waals surface area contributed by atoms with Crippen LogP contribution >= 0.6 is 0 Å². The number of nitrogens with zero attached hydrogens (tertiary/aromatic N) is 3. The van der Waals surface area contributed by atoms with Crippen molar-refractivity contribution in [2.75, 3.05) is 36.8 Å². The van der Waals surface area contributed by atoms with Gasteiger partial charge in [-0.25, -0.2) is 4.98 Å². The van der Waals surface area contributed by atoms with Crippen LogP contribution in [0, 0.1) is 0 Å². The minimum Gasteiger partial charge on any atom is -0.396 e. The Labute approximate surface area is 142 Å². The van der Waals surface area contributed by atoms with Gasteiger partial charge in [0.2, 0.25) is 0 Å². The van der Waals surface area contributed by atoms with E-state index in [1.54, 1.807) is 0 Å². The molecule has 0 bridgehead atoms. The maximum atomic E-state index is 6.26. The molecular formula is C20H22N4. The fourth-order valence-corrected chi connectivity index (χ4v) is 3.33. The monoisotopic (exact) mass is 318 g/mol. The molecule has 4 nitrogen and oxygen atoms in total. The third-order valence-corrected chi connectivity index (χ3v) is 4.65. The molecule has 24 heavy (non-hydrogen) atoms. The third-order valence-electron chi connectivity index (χ3n) is 4.65. The van der Waals surface area contributed by atoms with E-state index >= 15 is 0 Å². The number of fused-ring (bicyclic) bond motifs is 1. The van der Waals surface area contributed by atoms with Crippen molar-refractivity contribution in [1.82, 2.24) is 9.88 Å². The van der Waals surface area contributed by atoms with Crippen LogP contribution in [0.15, 0.2) is 60.7 Å². The molecule has 2 heterocycles. The summed E-state index contributed by atoms with van der Waals surface area (Å²) in [5, 5.41) is 1.10. The van der Waals surface area contributed by atoms with E-state index in [0.29, 0.717) is 0 Å². The molecule has 0 spiro atoms. The summed E-state index contributed by atoms with van der Waals surface area (Å²) >= 11 is 0. The second-order valence-electron chi connectivity index (χ2n) is 6.34. The highest BCUT2D eigenvalue weighted by Gasteiger charge is 2.20. The quantitative estimate of drug-likeness (QED) is 0.806. The van der Waals surface area contributed by atoms with Crippen LogP contribution in [0.3, 0.4) is 0 Å². The summed E-state index contributed by atoms with van der Waals surface area (Å²) in [7, 11) is 0. The molecule has 1 aromatic heterocycles. The number of aromatic nitrogens is 1. The van der Waals surface area contributed by atoms with E-state index in [1.807, 2.05) is 24.3 Å². The van der Waals surface area contributed by atoms with Gasteiger partial charge in [-0.1, -0.05) is 48.5 Å². The summed E-state index contributed by atoms with van der Waals surface area (Å²) in [4.78, 5) is 9.59. The molecule has 0 saturated carbocycles. The van der Waals surface area contributed by atoms with E-state index in [2.05, 4.69) is 46.2 Å². The van der Waals surface area contributed by atoms with Crippen molar-refractivity contribution in [1.29, 1.82) is 0 Å². The second-order valence-corrected chi connectivity index (χ2v) is 6.34. The lowest BCUT2D eigenvalue weighted by Gasteiger charge is -2.36. The maximum Gasteiger partial charge on any atom is 0.152 e. The van der Waals surface area contributed by atoms with E-state index in [9.17, 15) is 0 Å². The predicted octanol–water partition coefficient (Wildman–Crippen LogP) is 3.14. The van der Waals surface area contributed by atoms with E-state index in [1.165, 1.54) is 5.56 Å². The molecule has 2 N–H and O–H groups in total. The summed E-state index contributed by atoms with van der Waals surface area (Å²) in [6.07, 6.45) is 0. The first-order valence-corrected chi connectivity index (χ1v) is 8.46. The number of benzene rings is 2. The fourth-order valence-electron chi connectivity index (χ4n) is 3.33.